The summed E-state index contributed by atoms with van der Waals surface area (Å²) in [6.45, 7) is 8.18. The van der Waals surface area contributed by atoms with Gasteiger partial charge in [-0.2, -0.15) is 0 Å². The summed E-state index contributed by atoms with van der Waals surface area (Å²) in [5, 5.41) is 0. The minimum atomic E-state index is 0.417. The molecule has 0 saturated heterocycles. The molecule has 0 aliphatic heterocycles. The van der Waals surface area contributed by atoms with Crippen molar-refractivity contribution in [2.45, 2.75) is 45.1 Å². The first kappa shape index (κ1) is 12.7. The Morgan fingerprint density at radius 3 is 2.67 bits per heavy atom. The maximum atomic E-state index is 6.21. The third kappa shape index (κ3) is 4.80. The molecule has 2 nitrogen and oxygen atoms in total. The molecule has 0 aromatic carbocycles. The van der Waals surface area contributed by atoms with Crippen LogP contribution in [0.3, 0.4) is 0 Å². The Hall–Kier alpha value is -0.340. The number of nitrogens with zero attached hydrogens (tertiary/aromatic N) is 1. The zero-order valence-electron chi connectivity index (χ0n) is 10.3. The average molecular weight is 210 g/mol. The molecule has 2 heteroatoms. The first-order valence-corrected chi connectivity index (χ1v) is 6.18. The highest BCUT2D eigenvalue weighted by Crippen LogP contribution is 2.22. The number of nitrogens with two attached hydrogens (primary N) is 1. The molecule has 0 amide bonds. The fraction of sp³-hybridized carbons (Fsp3) is 0.846. The van der Waals surface area contributed by atoms with E-state index in [1.807, 2.05) is 0 Å². The predicted octanol–water partition coefficient (Wildman–Crippen LogP) is 2.40. The van der Waals surface area contributed by atoms with Gasteiger partial charge in [0.15, 0.2) is 0 Å². The Morgan fingerprint density at radius 1 is 1.33 bits per heavy atom. The molecule has 88 valence electrons. The number of hydrogen-bond acceptors (Lipinski definition) is 2. The fourth-order valence-electron chi connectivity index (χ4n) is 2.57. The van der Waals surface area contributed by atoms with Crippen molar-refractivity contribution in [1.29, 1.82) is 0 Å². The summed E-state index contributed by atoms with van der Waals surface area (Å²) in [6.07, 6.45) is 6.57. The Bertz CT molecular complexity index is 201. The van der Waals surface area contributed by atoms with Gasteiger partial charge >= 0.3 is 0 Å². The zero-order valence-corrected chi connectivity index (χ0v) is 10.3. The van der Waals surface area contributed by atoms with Gasteiger partial charge in [0.05, 0.1) is 0 Å². The maximum absolute atomic E-state index is 6.21. The van der Waals surface area contributed by atoms with Crippen molar-refractivity contribution in [1.82, 2.24) is 4.90 Å². The molecular formula is C13H26N2. The third-order valence-corrected chi connectivity index (χ3v) is 3.30. The molecule has 0 spiro atoms. The molecule has 1 saturated carbocycles. The average Bonchev–Trinajstić information content (AvgIpc) is 2.30. The smallest absolute Gasteiger partial charge is 0.0184 e. The van der Waals surface area contributed by atoms with Crippen molar-refractivity contribution in [3.63, 3.8) is 0 Å². The van der Waals surface area contributed by atoms with Gasteiger partial charge in [-0.25, -0.2) is 0 Å². The van der Waals surface area contributed by atoms with Gasteiger partial charge in [0, 0.05) is 19.1 Å². The lowest BCUT2D eigenvalue weighted by molar-refractivity contribution is 0.257. The summed E-state index contributed by atoms with van der Waals surface area (Å²) < 4.78 is 0. The molecule has 15 heavy (non-hydrogen) atoms. The van der Waals surface area contributed by atoms with Crippen LogP contribution in [-0.4, -0.2) is 31.1 Å². The summed E-state index contributed by atoms with van der Waals surface area (Å²) >= 11 is 0. The van der Waals surface area contributed by atoms with Crippen molar-refractivity contribution >= 4 is 0 Å². The van der Waals surface area contributed by atoms with Crippen LogP contribution in [0, 0.1) is 5.92 Å². The molecule has 1 aliphatic rings. The van der Waals surface area contributed by atoms with E-state index in [-0.39, 0.29) is 0 Å². The monoisotopic (exact) mass is 210 g/mol. The van der Waals surface area contributed by atoms with Crippen LogP contribution in [0.25, 0.3) is 0 Å². The lowest BCUT2D eigenvalue weighted by Gasteiger charge is -2.27. The van der Waals surface area contributed by atoms with Gasteiger partial charge in [0.2, 0.25) is 0 Å². The van der Waals surface area contributed by atoms with Crippen molar-refractivity contribution in [2.75, 3.05) is 20.1 Å². The third-order valence-electron chi connectivity index (χ3n) is 3.30. The van der Waals surface area contributed by atoms with E-state index in [0.29, 0.717) is 12.0 Å². The van der Waals surface area contributed by atoms with Gasteiger partial charge in [-0.05, 0) is 32.7 Å². The van der Waals surface area contributed by atoms with Crippen LogP contribution in [0.1, 0.15) is 39.0 Å². The second kappa shape index (κ2) is 6.29. The predicted molar refractivity (Wildman–Crippen MR) is 66.9 cm³/mol. The number of likely N-dealkylation sites (N-methyl/N-ethyl adjacent to an activating group) is 1. The lowest BCUT2D eigenvalue weighted by Crippen LogP contribution is -2.37. The Morgan fingerprint density at radius 2 is 2.00 bits per heavy atom. The van der Waals surface area contributed by atoms with Crippen LogP contribution in [0.2, 0.25) is 0 Å². The Labute approximate surface area is 94.5 Å². The zero-order chi connectivity index (χ0) is 11.3. The second-order valence-electron chi connectivity index (χ2n) is 5.22. The van der Waals surface area contributed by atoms with E-state index >= 15 is 0 Å². The fourth-order valence-corrected chi connectivity index (χ4v) is 2.57. The van der Waals surface area contributed by atoms with Crippen LogP contribution in [0.15, 0.2) is 12.2 Å². The molecular weight excluding hydrogens is 184 g/mol. The van der Waals surface area contributed by atoms with Crippen LogP contribution in [-0.2, 0) is 0 Å². The van der Waals surface area contributed by atoms with Crippen LogP contribution < -0.4 is 5.73 Å². The largest absolute Gasteiger partial charge is 0.327 e. The van der Waals surface area contributed by atoms with E-state index < -0.39 is 0 Å². The molecule has 1 aliphatic carbocycles. The van der Waals surface area contributed by atoms with Gasteiger partial charge in [-0.1, -0.05) is 31.4 Å². The number of hydrogen-bond donors (Lipinski definition) is 1. The van der Waals surface area contributed by atoms with E-state index in [9.17, 15) is 0 Å². The second-order valence-corrected chi connectivity index (χ2v) is 5.22. The van der Waals surface area contributed by atoms with E-state index in [1.165, 1.54) is 37.7 Å². The summed E-state index contributed by atoms with van der Waals surface area (Å²) in [5.41, 5.74) is 7.44. The van der Waals surface area contributed by atoms with Crippen LogP contribution in [0.5, 0.6) is 0 Å². The van der Waals surface area contributed by atoms with Crippen LogP contribution >= 0.6 is 0 Å². The van der Waals surface area contributed by atoms with Gasteiger partial charge in [-0.15, -0.1) is 0 Å². The molecule has 2 atom stereocenters. The van der Waals surface area contributed by atoms with E-state index in [4.69, 9.17) is 5.73 Å². The molecule has 0 aromatic heterocycles. The molecule has 1 rings (SSSR count). The summed E-state index contributed by atoms with van der Waals surface area (Å²) in [6, 6.07) is 0.417. The Kier molecular flexibility index (Phi) is 5.34. The molecule has 0 heterocycles. The van der Waals surface area contributed by atoms with E-state index in [0.717, 1.165) is 13.1 Å². The van der Waals surface area contributed by atoms with Gasteiger partial charge in [0.1, 0.15) is 0 Å². The van der Waals surface area contributed by atoms with Crippen molar-refractivity contribution in [3.05, 3.63) is 12.2 Å². The highest BCUT2D eigenvalue weighted by atomic mass is 15.1. The quantitative estimate of drug-likeness (QED) is 0.570. The first-order valence-electron chi connectivity index (χ1n) is 6.18. The molecule has 0 radical (unpaired) electrons. The van der Waals surface area contributed by atoms with Gasteiger partial charge < -0.3 is 10.6 Å². The molecule has 2 unspecified atom stereocenters. The summed E-state index contributed by atoms with van der Waals surface area (Å²) in [4.78, 5) is 2.36. The molecule has 1 fully saturated rings. The van der Waals surface area contributed by atoms with E-state index in [1.54, 1.807) is 0 Å². The van der Waals surface area contributed by atoms with Gasteiger partial charge in [-0.3, -0.25) is 0 Å². The maximum Gasteiger partial charge on any atom is 0.0184 e. The van der Waals surface area contributed by atoms with E-state index in [2.05, 4.69) is 25.5 Å². The van der Waals surface area contributed by atoms with Crippen molar-refractivity contribution < 1.29 is 0 Å². The minimum absolute atomic E-state index is 0.417. The molecule has 0 aromatic rings. The lowest BCUT2D eigenvalue weighted by atomic mass is 9.95. The number of rotatable bonds is 4. The standard InChI is InChI=1S/C13H26N2/c1-11(2)9-15(3)10-12-7-5-4-6-8-13(12)14/h12-13H,1,4-10,14H2,2-3H3. The van der Waals surface area contributed by atoms with Crippen LogP contribution in [0.4, 0.5) is 0 Å². The summed E-state index contributed by atoms with van der Waals surface area (Å²) in [7, 11) is 2.17. The SMILES string of the molecule is C=C(C)CN(C)CC1CCCCCC1N. The Balaban J connectivity index is 2.36. The normalized spacial score (nSPS) is 27.7. The molecule has 0 bridgehead atoms. The minimum Gasteiger partial charge on any atom is -0.327 e. The highest BCUT2D eigenvalue weighted by Gasteiger charge is 2.21. The topological polar surface area (TPSA) is 29.3 Å². The first-order chi connectivity index (χ1) is 7.09. The van der Waals surface area contributed by atoms with Crippen molar-refractivity contribution in [3.8, 4) is 0 Å². The molecule has 2 N–H and O–H groups in total. The van der Waals surface area contributed by atoms with Gasteiger partial charge in [0.25, 0.3) is 0 Å². The van der Waals surface area contributed by atoms with Crippen molar-refractivity contribution in [2.24, 2.45) is 11.7 Å². The summed E-state index contributed by atoms with van der Waals surface area (Å²) in [5.74, 6) is 0.692. The highest BCUT2D eigenvalue weighted by molar-refractivity contribution is 4.92.